The van der Waals surface area contributed by atoms with Crippen molar-refractivity contribution in [2.45, 2.75) is 20.5 Å². The predicted molar refractivity (Wildman–Crippen MR) is 106 cm³/mol. The normalized spacial score (nSPS) is 11.2. The van der Waals surface area contributed by atoms with Gasteiger partial charge in [-0.25, -0.2) is 0 Å². The number of hydrogen-bond donors (Lipinski definition) is 0. The Morgan fingerprint density at radius 2 is 1.38 bits per heavy atom. The molecule has 132 valence electrons. The van der Waals surface area contributed by atoms with E-state index in [2.05, 4.69) is 5.16 Å². The van der Waals surface area contributed by atoms with Crippen LogP contribution in [0.3, 0.4) is 0 Å². The highest BCUT2D eigenvalue weighted by molar-refractivity contribution is 6.01. The van der Waals surface area contributed by atoms with Crippen LogP contribution in [0.4, 0.5) is 0 Å². The fourth-order valence-corrected chi connectivity index (χ4v) is 2.72. The molecule has 0 aliphatic rings. The lowest BCUT2D eigenvalue weighted by molar-refractivity contribution is 0.129. The smallest absolute Gasteiger partial charge is 0.142 e. The van der Waals surface area contributed by atoms with E-state index in [0.29, 0.717) is 13.2 Å². The number of oxime groups is 1. The number of benzene rings is 3. The summed E-state index contributed by atoms with van der Waals surface area (Å²) in [6.45, 7) is 4.88. The van der Waals surface area contributed by atoms with Crippen molar-refractivity contribution in [1.29, 1.82) is 0 Å². The van der Waals surface area contributed by atoms with Crippen LogP contribution in [0.2, 0.25) is 0 Å². The molecule has 0 unspecified atom stereocenters. The summed E-state index contributed by atoms with van der Waals surface area (Å²) in [4.78, 5) is 5.59. The summed E-state index contributed by atoms with van der Waals surface area (Å²) in [5.74, 6) is 0.902. The third kappa shape index (κ3) is 4.73. The number of nitrogens with zero attached hydrogens (tertiary/aromatic N) is 1. The Labute approximate surface area is 154 Å². The van der Waals surface area contributed by atoms with Crippen molar-refractivity contribution >= 4 is 5.71 Å². The Kier molecular flexibility index (Phi) is 6.05. The average Bonchev–Trinajstić information content (AvgIpc) is 2.67. The first kappa shape index (κ1) is 17.7. The number of aryl methyl sites for hydroxylation is 2. The molecule has 0 saturated heterocycles. The Morgan fingerprint density at radius 3 is 2.04 bits per heavy atom. The van der Waals surface area contributed by atoms with Crippen molar-refractivity contribution in [2.75, 3.05) is 6.61 Å². The molecule has 26 heavy (non-hydrogen) atoms. The third-order valence-electron chi connectivity index (χ3n) is 4.12. The summed E-state index contributed by atoms with van der Waals surface area (Å²) in [6, 6.07) is 26.1. The van der Waals surface area contributed by atoms with E-state index in [0.717, 1.165) is 33.7 Å². The highest BCUT2D eigenvalue weighted by atomic mass is 16.6. The van der Waals surface area contributed by atoms with Gasteiger partial charge in [0.05, 0.1) is 0 Å². The van der Waals surface area contributed by atoms with Crippen molar-refractivity contribution in [2.24, 2.45) is 5.16 Å². The van der Waals surface area contributed by atoms with Crippen LogP contribution < -0.4 is 4.74 Å². The van der Waals surface area contributed by atoms with E-state index in [1.165, 1.54) is 0 Å². The van der Waals surface area contributed by atoms with E-state index in [-0.39, 0.29) is 0 Å². The molecule has 3 aromatic carbocycles. The van der Waals surface area contributed by atoms with Crippen molar-refractivity contribution in [3.05, 3.63) is 101 Å². The van der Waals surface area contributed by atoms with Gasteiger partial charge in [0.1, 0.15) is 24.7 Å². The average molecular weight is 345 g/mol. The molecule has 0 N–H and O–H groups in total. The minimum Gasteiger partial charge on any atom is -0.487 e. The van der Waals surface area contributed by atoms with Gasteiger partial charge in [0.25, 0.3) is 0 Å². The van der Waals surface area contributed by atoms with Crippen molar-refractivity contribution in [3.63, 3.8) is 0 Å². The summed E-state index contributed by atoms with van der Waals surface area (Å²) in [5.41, 5.74) is 5.07. The van der Waals surface area contributed by atoms with Crippen LogP contribution in [0.1, 0.15) is 22.3 Å². The summed E-state index contributed by atoms with van der Waals surface area (Å²) < 4.78 is 6.08. The Bertz CT molecular complexity index is 838. The van der Waals surface area contributed by atoms with Gasteiger partial charge in [0.15, 0.2) is 0 Å². The maximum absolute atomic E-state index is 6.08. The van der Waals surface area contributed by atoms with Gasteiger partial charge >= 0.3 is 0 Å². The zero-order valence-electron chi connectivity index (χ0n) is 15.2. The van der Waals surface area contributed by atoms with Crippen LogP contribution in [-0.4, -0.2) is 12.3 Å². The lowest BCUT2D eigenvalue weighted by Gasteiger charge is -2.13. The first-order valence-electron chi connectivity index (χ1n) is 8.71. The van der Waals surface area contributed by atoms with E-state index >= 15 is 0 Å². The molecule has 3 rings (SSSR count). The van der Waals surface area contributed by atoms with Gasteiger partial charge in [0.2, 0.25) is 0 Å². The minimum absolute atomic E-state index is 0.352. The first-order chi connectivity index (χ1) is 12.7. The zero-order chi connectivity index (χ0) is 18.2. The SMILES string of the molecule is Cc1cccc(C)c1OCC(=NOCc1ccccc1)c1ccccc1. The molecule has 0 amide bonds. The maximum Gasteiger partial charge on any atom is 0.142 e. The molecule has 0 aliphatic heterocycles. The van der Waals surface area contributed by atoms with Crippen LogP contribution in [0.25, 0.3) is 0 Å². The van der Waals surface area contributed by atoms with E-state index in [1.54, 1.807) is 0 Å². The molecule has 0 aliphatic carbocycles. The van der Waals surface area contributed by atoms with Gasteiger partial charge in [-0.3, -0.25) is 0 Å². The quantitative estimate of drug-likeness (QED) is 0.429. The van der Waals surface area contributed by atoms with Gasteiger partial charge in [-0.2, -0.15) is 0 Å². The molecule has 0 aromatic heterocycles. The van der Waals surface area contributed by atoms with Crippen LogP contribution in [0.5, 0.6) is 5.75 Å². The molecule has 3 heteroatoms. The lowest BCUT2D eigenvalue weighted by Crippen LogP contribution is -2.14. The van der Waals surface area contributed by atoms with E-state index in [4.69, 9.17) is 9.57 Å². The largest absolute Gasteiger partial charge is 0.487 e. The second kappa shape index (κ2) is 8.86. The molecular weight excluding hydrogens is 322 g/mol. The Morgan fingerprint density at radius 1 is 0.769 bits per heavy atom. The molecule has 0 fully saturated rings. The molecule has 0 heterocycles. The van der Waals surface area contributed by atoms with Gasteiger partial charge < -0.3 is 9.57 Å². The monoisotopic (exact) mass is 345 g/mol. The van der Waals surface area contributed by atoms with Gasteiger partial charge in [-0.1, -0.05) is 84.0 Å². The first-order valence-corrected chi connectivity index (χ1v) is 8.71. The van der Waals surface area contributed by atoms with Crippen molar-refractivity contribution in [3.8, 4) is 5.75 Å². The fourth-order valence-electron chi connectivity index (χ4n) is 2.72. The molecule has 3 aromatic rings. The second-order valence-corrected chi connectivity index (χ2v) is 6.17. The van der Waals surface area contributed by atoms with Crippen LogP contribution in [0, 0.1) is 13.8 Å². The Hall–Kier alpha value is -3.07. The van der Waals surface area contributed by atoms with Crippen molar-refractivity contribution < 1.29 is 9.57 Å². The standard InChI is InChI=1S/C23H23NO2/c1-18-10-9-11-19(2)23(18)25-17-22(21-14-7-4-8-15-21)24-26-16-20-12-5-3-6-13-20/h3-15H,16-17H2,1-2H3. The Balaban J connectivity index is 1.74. The zero-order valence-corrected chi connectivity index (χ0v) is 15.2. The number of ether oxygens (including phenoxy) is 1. The molecule has 0 atom stereocenters. The second-order valence-electron chi connectivity index (χ2n) is 6.17. The molecule has 0 bridgehead atoms. The predicted octanol–water partition coefficient (Wildman–Crippen LogP) is 5.30. The summed E-state index contributed by atoms with van der Waals surface area (Å²) in [7, 11) is 0. The molecule has 0 spiro atoms. The van der Waals surface area contributed by atoms with Crippen LogP contribution >= 0.6 is 0 Å². The molecule has 0 saturated carbocycles. The van der Waals surface area contributed by atoms with E-state index in [9.17, 15) is 0 Å². The third-order valence-corrected chi connectivity index (χ3v) is 4.12. The summed E-state index contributed by atoms with van der Waals surface area (Å²) in [5, 5.41) is 4.36. The minimum atomic E-state index is 0.352. The highest BCUT2D eigenvalue weighted by Gasteiger charge is 2.09. The number of para-hydroxylation sites is 1. The van der Waals surface area contributed by atoms with Crippen LogP contribution in [-0.2, 0) is 11.4 Å². The van der Waals surface area contributed by atoms with Gasteiger partial charge in [-0.15, -0.1) is 0 Å². The lowest BCUT2D eigenvalue weighted by atomic mass is 10.1. The molecular formula is C23H23NO2. The number of hydrogen-bond acceptors (Lipinski definition) is 3. The summed E-state index contributed by atoms with van der Waals surface area (Å²) in [6.07, 6.45) is 0. The van der Waals surface area contributed by atoms with Crippen LogP contribution in [0.15, 0.2) is 84.0 Å². The fraction of sp³-hybridized carbons (Fsp3) is 0.174. The molecule has 0 radical (unpaired) electrons. The highest BCUT2D eigenvalue weighted by Crippen LogP contribution is 2.22. The van der Waals surface area contributed by atoms with Crippen molar-refractivity contribution in [1.82, 2.24) is 0 Å². The number of rotatable bonds is 7. The molecule has 3 nitrogen and oxygen atoms in total. The van der Waals surface area contributed by atoms with E-state index in [1.807, 2.05) is 92.7 Å². The summed E-state index contributed by atoms with van der Waals surface area (Å²) >= 11 is 0. The van der Waals surface area contributed by atoms with Gasteiger partial charge in [0, 0.05) is 5.56 Å². The van der Waals surface area contributed by atoms with Gasteiger partial charge in [-0.05, 0) is 30.5 Å². The maximum atomic E-state index is 6.08. The topological polar surface area (TPSA) is 30.8 Å². The van der Waals surface area contributed by atoms with E-state index < -0.39 is 0 Å².